The van der Waals surface area contributed by atoms with Gasteiger partial charge in [0.1, 0.15) is 12.2 Å². The number of aliphatic hydroxyl groups excluding tert-OH is 2. The normalized spacial score (nSPS) is 29.6. The van der Waals surface area contributed by atoms with Crippen LogP contribution >= 0.6 is 0 Å². The monoisotopic (exact) mass is 232 g/mol. The van der Waals surface area contributed by atoms with E-state index in [4.69, 9.17) is 4.74 Å². The molecule has 0 unspecified atom stereocenters. The molecule has 16 heavy (non-hydrogen) atoms. The van der Waals surface area contributed by atoms with Gasteiger partial charge in [-0.25, -0.2) is 9.36 Å². The average molecular weight is 232 g/mol. The second kappa shape index (κ2) is 3.81. The van der Waals surface area contributed by atoms with Gasteiger partial charge in [0, 0.05) is 6.20 Å². The molecular weight excluding hydrogens is 223 g/mol. The topological polar surface area (TPSA) is 105 Å². The van der Waals surface area contributed by atoms with Gasteiger partial charge in [0.25, 0.3) is 5.56 Å². The third-order valence-electron chi connectivity index (χ3n) is 2.34. The lowest BCUT2D eigenvalue weighted by Crippen LogP contribution is -2.43. The highest BCUT2D eigenvalue weighted by Gasteiger charge is 2.37. The predicted molar refractivity (Wildman–Crippen MR) is 48.3 cm³/mol. The SMILES string of the molecule is O=c1[nH]cc(F)c(=O)n1[C@@H]1OC[C@H](O)[C@@H]1O. The largest absolute Gasteiger partial charge is 0.388 e. The molecule has 0 bridgehead atoms. The van der Waals surface area contributed by atoms with Gasteiger partial charge in [-0.3, -0.25) is 4.79 Å². The summed E-state index contributed by atoms with van der Waals surface area (Å²) in [5.74, 6) is -1.17. The third kappa shape index (κ3) is 1.56. The summed E-state index contributed by atoms with van der Waals surface area (Å²) >= 11 is 0. The van der Waals surface area contributed by atoms with Crippen LogP contribution in [0.2, 0.25) is 0 Å². The van der Waals surface area contributed by atoms with Crippen molar-refractivity contribution in [3.63, 3.8) is 0 Å². The van der Waals surface area contributed by atoms with E-state index in [-0.39, 0.29) is 6.61 Å². The number of halogens is 1. The van der Waals surface area contributed by atoms with Crippen LogP contribution in [0.5, 0.6) is 0 Å². The number of rotatable bonds is 1. The van der Waals surface area contributed by atoms with E-state index in [1.54, 1.807) is 0 Å². The van der Waals surface area contributed by atoms with Crippen molar-refractivity contribution in [1.82, 2.24) is 9.55 Å². The van der Waals surface area contributed by atoms with E-state index in [2.05, 4.69) is 0 Å². The summed E-state index contributed by atoms with van der Waals surface area (Å²) in [6, 6.07) is 0. The molecule has 0 saturated carbocycles. The maximum Gasteiger partial charge on any atom is 0.330 e. The number of ether oxygens (including phenoxy) is 1. The molecule has 1 aromatic heterocycles. The second-order valence-electron chi connectivity index (χ2n) is 3.40. The molecule has 0 aliphatic carbocycles. The fourth-order valence-corrected chi connectivity index (χ4v) is 1.51. The minimum atomic E-state index is -1.44. The maximum atomic E-state index is 12.9. The van der Waals surface area contributed by atoms with Crippen molar-refractivity contribution in [3.05, 3.63) is 32.9 Å². The Morgan fingerprint density at radius 3 is 2.75 bits per heavy atom. The van der Waals surface area contributed by atoms with E-state index in [0.717, 1.165) is 0 Å². The molecule has 3 atom stereocenters. The van der Waals surface area contributed by atoms with E-state index >= 15 is 0 Å². The molecule has 0 amide bonds. The highest BCUT2D eigenvalue weighted by atomic mass is 19.1. The minimum absolute atomic E-state index is 0.228. The first-order chi connectivity index (χ1) is 7.52. The Morgan fingerprint density at radius 2 is 2.19 bits per heavy atom. The van der Waals surface area contributed by atoms with Crippen LogP contribution in [0, 0.1) is 5.82 Å². The highest BCUT2D eigenvalue weighted by Crippen LogP contribution is 2.21. The summed E-state index contributed by atoms with van der Waals surface area (Å²) in [7, 11) is 0. The molecule has 7 nitrogen and oxygen atoms in total. The van der Waals surface area contributed by atoms with Gasteiger partial charge in [0.2, 0.25) is 5.82 Å². The number of H-pyrrole nitrogens is 1. The van der Waals surface area contributed by atoms with Crippen molar-refractivity contribution in [1.29, 1.82) is 0 Å². The van der Waals surface area contributed by atoms with Gasteiger partial charge < -0.3 is 19.9 Å². The fourth-order valence-electron chi connectivity index (χ4n) is 1.51. The molecule has 88 valence electrons. The van der Waals surface area contributed by atoms with Crippen LogP contribution in [-0.2, 0) is 4.74 Å². The van der Waals surface area contributed by atoms with Crippen LogP contribution in [0.1, 0.15) is 6.23 Å². The molecule has 1 aliphatic heterocycles. The van der Waals surface area contributed by atoms with E-state index < -0.39 is 35.5 Å². The summed E-state index contributed by atoms with van der Waals surface area (Å²) in [6.07, 6.45) is -3.40. The molecule has 1 aliphatic rings. The van der Waals surface area contributed by atoms with Crippen molar-refractivity contribution in [2.24, 2.45) is 0 Å². The highest BCUT2D eigenvalue weighted by molar-refractivity contribution is 4.92. The van der Waals surface area contributed by atoms with Crippen LogP contribution in [0.4, 0.5) is 4.39 Å². The number of aromatic amines is 1. The Morgan fingerprint density at radius 1 is 1.50 bits per heavy atom. The standard InChI is InChI=1S/C8H9FN2O5/c9-3-1-10-8(15)11(6(3)14)7-5(13)4(12)2-16-7/h1,4-5,7,12-13H,2H2,(H,10,15)/t4-,5-,7+/m0/s1. The Balaban J connectivity index is 2.53. The van der Waals surface area contributed by atoms with Gasteiger partial charge in [-0.2, -0.15) is 4.39 Å². The van der Waals surface area contributed by atoms with E-state index in [9.17, 15) is 24.2 Å². The van der Waals surface area contributed by atoms with E-state index in [0.29, 0.717) is 10.8 Å². The average Bonchev–Trinajstić information content (AvgIpc) is 2.56. The Kier molecular flexibility index (Phi) is 2.62. The Hall–Kier alpha value is -1.51. The number of nitrogens with one attached hydrogen (secondary N) is 1. The molecule has 2 rings (SSSR count). The first-order valence-electron chi connectivity index (χ1n) is 4.50. The molecule has 1 saturated heterocycles. The third-order valence-corrected chi connectivity index (χ3v) is 2.34. The zero-order chi connectivity index (χ0) is 11.9. The van der Waals surface area contributed by atoms with Crippen LogP contribution in [0.3, 0.4) is 0 Å². The van der Waals surface area contributed by atoms with Crippen LogP contribution in [0.25, 0.3) is 0 Å². The number of aliphatic hydroxyl groups is 2. The predicted octanol–water partition coefficient (Wildman–Crippen LogP) is -2.07. The molecule has 1 fully saturated rings. The van der Waals surface area contributed by atoms with Crippen LogP contribution < -0.4 is 11.2 Å². The summed E-state index contributed by atoms with van der Waals surface area (Å²) in [5, 5.41) is 18.6. The quantitative estimate of drug-likeness (QED) is 0.515. The zero-order valence-electron chi connectivity index (χ0n) is 7.96. The number of aromatic nitrogens is 2. The van der Waals surface area contributed by atoms with Crippen molar-refractivity contribution < 1.29 is 19.3 Å². The molecule has 8 heteroatoms. The molecule has 0 aromatic carbocycles. The van der Waals surface area contributed by atoms with Crippen LogP contribution in [0.15, 0.2) is 15.8 Å². The second-order valence-corrected chi connectivity index (χ2v) is 3.40. The van der Waals surface area contributed by atoms with Crippen molar-refractivity contribution in [3.8, 4) is 0 Å². The van der Waals surface area contributed by atoms with Crippen molar-refractivity contribution in [2.75, 3.05) is 6.61 Å². The summed E-state index contributed by atoms with van der Waals surface area (Å²) < 4.78 is 18.2. The lowest BCUT2D eigenvalue weighted by Gasteiger charge is -2.15. The lowest BCUT2D eigenvalue weighted by molar-refractivity contribution is -0.0237. The van der Waals surface area contributed by atoms with Gasteiger partial charge in [-0.1, -0.05) is 0 Å². The summed E-state index contributed by atoms with van der Waals surface area (Å²) in [4.78, 5) is 24.6. The van der Waals surface area contributed by atoms with Gasteiger partial charge in [0.15, 0.2) is 6.23 Å². The Bertz CT molecular complexity index is 510. The molecular formula is C8H9FN2O5. The van der Waals surface area contributed by atoms with Crippen LogP contribution in [-0.4, -0.2) is 38.6 Å². The van der Waals surface area contributed by atoms with Gasteiger partial charge in [-0.05, 0) is 0 Å². The molecule has 0 radical (unpaired) electrons. The maximum absolute atomic E-state index is 12.9. The number of hydrogen-bond donors (Lipinski definition) is 3. The number of nitrogens with zero attached hydrogens (tertiary/aromatic N) is 1. The fraction of sp³-hybridized carbons (Fsp3) is 0.500. The van der Waals surface area contributed by atoms with Crippen molar-refractivity contribution >= 4 is 0 Å². The Labute approximate surface area is 87.7 Å². The molecule has 3 N–H and O–H groups in total. The molecule has 1 aromatic rings. The van der Waals surface area contributed by atoms with Gasteiger partial charge >= 0.3 is 5.69 Å². The van der Waals surface area contributed by atoms with E-state index in [1.165, 1.54) is 0 Å². The molecule has 2 heterocycles. The molecule has 0 spiro atoms. The first kappa shape index (κ1) is 11.0. The van der Waals surface area contributed by atoms with E-state index in [1.807, 2.05) is 4.98 Å². The number of hydrogen-bond acceptors (Lipinski definition) is 5. The zero-order valence-corrected chi connectivity index (χ0v) is 7.96. The smallest absolute Gasteiger partial charge is 0.330 e. The lowest BCUT2D eigenvalue weighted by atomic mass is 10.2. The first-order valence-corrected chi connectivity index (χ1v) is 4.50. The summed E-state index contributed by atoms with van der Waals surface area (Å²) in [5.41, 5.74) is -2.12. The van der Waals surface area contributed by atoms with Gasteiger partial charge in [-0.15, -0.1) is 0 Å². The summed E-state index contributed by atoms with van der Waals surface area (Å²) in [6.45, 7) is -0.228. The minimum Gasteiger partial charge on any atom is -0.388 e. The van der Waals surface area contributed by atoms with Crippen molar-refractivity contribution in [2.45, 2.75) is 18.4 Å². The van der Waals surface area contributed by atoms with Gasteiger partial charge in [0.05, 0.1) is 6.61 Å².